The first-order valence-corrected chi connectivity index (χ1v) is 7.12. The number of pyridine rings is 1. The number of piperidine rings is 1. The van der Waals surface area contributed by atoms with Crippen LogP contribution in [-0.4, -0.2) is 18.1 Å². The van der Waals surface area contributed by atoms with Gasteiger partial charge in [0.15, 0.2) is 0 Å². The minimum Gasteiger partial charge on any atom is -0.371 e. The van der Waals surface area contributed by atoms with Gasteiger partial charge in [0.2, 0.25) is 0 Å². The molecule has 0 N–H and O–H groups in total. The molecular weight excluding hydrogens is 276 g/mol. The van der Waals surface area contributed by atoms with Crippen molar-refractivity contribution in [3.05, 3.63) is 22.9 Å². The molecule has 0 aliphatic carbocycles. The molecule has 0 unspecified atom stereocenters. The average molecular weight is 297 g/mol. The van der Waals surface area contributed by atoms with Crippen molar-refractivity contribution in [2.75, 3.05) is 18.0 Å². The number of rotatable bonds is 1. The van der Waals surface area contributed by atoms with Gasteiger partial charge in [-0.25, -0.2) is 0 Å². The molecule has 0 bridgehead atoms. The Morgan fingerprint density at radius 1 is 1.29 bits per heavy atom. The van der Waals surface area contributed by atoms with Crippen LogP contribution in [0, 0.1) is 11.3 Å². The predicted molar refractivity (Wildman–Crippen MR) is 76.3 cm³/mol. The van der Waals surface area contributed by atoms with Gasteiger partial charge in [-0.05, 0) is 46.2 Å². The third kappa shape index (κ3) is 3.01. The van der Waals surface area contributed by atoms with E-state index in [0.717, 1.165) is 23.5 Å². The van der Waals surface area contributed by atoms with Gasteiger partial charge in [-0.15, -0.1) is 0 Å². The highest BCUT2D eigenvalue weighted by Crippen LogP contribution is 2.36. The lowest BCUT2D eigenvalue weighted by Crippen LogP contribution is -2.38. The van der Waals surface area contributed by atoms with Crippen LogP contribution in [-0.2, 0) is 0 Å². The van der Waals surface area contributed by atoms with Crippen LogP contribution in [0.3, 0.4) is 0 Å². The Balaban J connectivity index is 2.03. The van der Waals surface area contributed by atoms with E-state index in [-0.39, 0.29) is 0 Å². The van der Waals surface area contributed by atoms with Crippen molar-refractivity contribution in [2.45, 2.75) is 33.6 Å². The summed E-state index contributed by atoms with van der Waals surface area (Å²) in [6.45, 7) is 9.39. The van der Waals surface area contributed by atoms with Crippen LogP contribution in [0.1, 0.15) is 33.6 Å². The van der Waals surface area contributed by atoms with Crippen LogP contribution in [0.2, 0.25) is 0 Å². The molecule has 1 aliphatic rings. The quantitative estimate of drug-likeness (QED) is 0.775. The van der Waals surface area contributed by atoms with Crippen LogP contribution in [0.4, 0.5) is 5.69 Å². The molecule has 1 aromatic rings. The highest BCUT2D eigenvalue weighted by molar-refractivity contribution is 9.10. The lowest BCUT2D eigenvalue weighted by Gasteiger charge is -2.40. The van der Waals surface area contributed by atoms with Gasteiger partial charge in [-0.1, -0.05) is 20.8 Å². The number of aromatic nitrogens is 1. The summed E-state index contributed by atoms with van der Waals surface area (Å²) in [7, 11) is 0. The van der Waals surface area contributed by atoms with E-state index in [1.807, 2.05) is 12.4 Å². The largest absolute Gasteiger partial charge is 0.371 e. The van der Waals surface area contributed by atoms with Crippen LogP contribution in [0.15, 0.2) is 22.9 Å². The van der Waals surface area contributed by atoms with Crippen molar-refractivity contribution in [1.82, 2.24) is 4.98 Å². The summed E-state index contributed by atoms with van der Waals surface area (Å²) in [5.41, 5.74) is 1.73. The molecule has 0 aromatic carbocycles. The fraction of sp³-hybridized carbons (Fsp3) is 0.643. The van der Waals surface area contributed by atoms with Crippen LogP contribution in [0.5, 0.6) is 0 Å². The second kappa shape index (κ2) is 4.97. The van der Waals surface area contributed by atoms with Crippen LogP contribution < -0.4 is 4.90 Å². The first-order valence-electron chi connectivity index (χ1n) is 6.33. The molecule has 0 saturated carbocycles. The Morgan fingerprint density at radius 3 is 2.47 bits per heavy atom. The molecule has 0 radical (unpaired) electrons. The molecule has 1 aliphatic heterocycles. The lowest BCUT2D eigenvalue weighted by molar-refractivity contribution is 0.199. The maximum Gasteiger partial charge on any atom is 0.0592 e. The van der Waals surface area contributed by atoms with Crippen molar-refractivity contribution in [2.24, 2.45) is 11.3 Å². The zero-order valence-electron chi connectivity index (χ0n) is 10.9. The van der Waals surface area contributed by atoms with Crippen molar-refractivity contribution < 1.29 is 0 Å². The molecule has 2 heterocycles. The van der Waals surface area contributed by atoms with E-state index >= 15 is 0 Å². The smallest absolute Gasteiger partial charge is 0.0592 e. The fourth-order valence-corrected chi connectivity index (χ4v) is 3.11. The number of hydrogen-bond acceptors (Lipinski definition) is 2. The summed E-state index contributed by atoms with van der Waals surface area (Å²) in [6, 6.07) is 2.10. The second-order valence-electron chi connectivity index (χ2n) is 5.95. The Hall–Kier alpha value is -0.570. The summed E-state index contributed by atoms with van der Waals surface area (Å²) in [4.78, 5) is 6.59. The summed E-state index contributed by atoms with van der Waals surface area (Å²) in [5, 5.41) is 0. The van der Waals surface area contributed by atoms with E-state index in [0.29, 0.717) is 5.41 Å². The summed E-state index contributed by atoms with van der Waals surface area (Å²) < 4.78 is 1.11. The molecule has 0 atom stereocenters. The predicted octanol–water partition coefficient (Wildman–Crippen LogP) is 4.11. The first kappa shape index (κ1) is 12.9. The van der Waals surface area contributed by atoms with Crippen molar-refractivity contribution in [3.8, 4) is 0 Å². The Morgan fingerprint density at radius 2 is 1.94 bits per heavy atom. The summed E-state index contributed by atoms with van der Waals surface area (Å²) >= 11 is 3.58. The molecular formula is C14H21BrN2. The zero-order valence-corrected chi connectivity index (χ0v) is 12.5. The molecule has 2 nitrogen and oxygen atoms in total. The van der Waals surface area contributed by atoms with Crippen LogP contribution in [0.25, 0.3) is 0 Å². The zero-order chi connectivity index (χ0) is 12.5. The van der Waals surface area contributed by atoms with E-state index in [4.69, 9.17) is 0 Å². The lowest BCUT2D eigenvalue weighted by atomic mass is 9.75. The topological polar surface area (TPSA) is 16.1 Å². The maximum atomic E-state index is 4.12. The molecule has 1 saturated heterocycles. The van der Waals surface area contributed by atoms with Gasteiger partial charge in [0, 0.05) is 25.5 Å². The molecule has 1 fully saturated rings. The summed E-state index contributed by atoms with van der Waals surface area (Å²) in [6.07, 6.45) is 6.33. The minimum atomic E-state index is 0.446. The minimum absolute atomic E-state index is 0.446. The molecule has 0 spiro atoms. The van der Waals surface area contributed by atoms with E-state index in [2.05, 4.69) is 52.7 Å². The SMILES string of the molecule is CC(C)(C)C1CCN(c2ccncc2Br)CC1. The van der Waals surface area contributed by atoms with Gasteiger partial charge in [-0.3, -0.25) is 4.98 Å². The van der Waals surface area contributed by atoms with Gasteiger partial charge >= 0.3 is 0 Å². The normalized spacial score (nSPS) is 18.5. The van der Waals surface area contributed by atoms with Gasteiger partial charge in [0.25, 0.3) is 0 Å². The Labute approximate surface area is 113 Å². The van der Waals surface area contributed by atoms with Crippen molar-refractivity contribution in [3.63, 3.8) is 0 Å². The molecule has 17 heavy (non-hydrogen) atoms. The molecule has 3 heteroatoms. The highest BCUT2D eigenvalue weighted by atomic mass is 79.9. The standard InChI is InChI=1S/C14H21BrN2/c1-14(2,3)11-5-8-17(9-6-11)13-4-7-16-10-12(13)15/h4,7,10-11H,5-6,8-9H2,1-3H3. The van der Waals surface area contributed by atoms with Gasteiger partial charge in [0.1, 0.15) is 0 Å². The van der Waals surface area contributed by atoms with E-state index in [1.54, 1.807) is 0 Å². The number of halogens is 1. The highest BCUT2D eigenvalue weighted by Gasteiger charge is 2.29. The Bertz CT molecular complexity index is 376. The third-order valence-electron chi connectivity index (χ3n) is 3.81. The van der Waals surface area contributed by atoms with E-state index in [1.165, 1.54) is 18.5 Å². The summed E-state index contributed by atoms with van der Waals surface area (Å²) in [5.74, 6) is 0.847. The van der Waals surface area contributed by atoms with Crippen LogP contribution >= 0.6 is 15.9 Å². The monoisotopic (exact) mass is 296 g/mol. The van der Waals surface area contributed by atoms with Gasteiger partial charge in [-0.2, -0.15) is 0 Å². The fourth-order valence-electron chi connectivity index (χ4n) is 2.61. The maximum absolute atomic E-state index is 4.12. The van der Waals surface area contributed by atoms with Crippen molar-refractivity contribution >= 4 is 21.6 Å². The first-order chi connectivity index (χ1) is 7.98. The number of nitrogens with zero attached hydrogens (tertiary/aromatic N) is 2. The molecule has 1 aromatic heterocycles. The average Bonchev–Trinajstić information content (AvgIpc) is 2.29. The van der Waals surface area contributed by atoms with Crippen molar-refractivity contribution in [1.29, 1.82) is 0 Å². The number of hydrogen-bond donors (Lipinski definition) is 0. The molecule has 2 rings (SSSR count). The number of anilines is 1. The van der Waals surface area contributed by atoms with Gasteiger partial charge in [0.05, 0.1) is 10.2 Å². The van der Waals surface area contributed by atoms with E-state index in [9.17, 15) is 0 Å². The van der Waals surface area contributed by atoms with E-state index < -0.39 is 0 Å². The van der Waals surface area contributed by atoms with Gasteiger partial charge < -0.3 is 4.90 Å². The second-order valence-corrected chi connectivity index (χ2v) is 6.81. The molecule has 0 amide bonds. The third-order valence-corrected chi connectivity index (χ3v) is 4.42. The Kier molecular flexibility index (Phi) is 3.76. The molecule has 94 valence electrons.